The standard InChI is InChI=1S/C26H21ClN4O4S2/c1-17-12-19(27)15-20(13-17)35-22-7-6-18(16-28)14-24(22)37(33,34)31-10-8-30(9-11-31)26(32)25-29-21-4-2-3-5-23(21)36-25/h2-7,12-15H,8-11H2,1H3. The molecule has 11 heteroatoms. The number of aryl methyl sites for hydroxylation is 1. The van der Waals surface area contributed by atoms with Gasteiger partial charge in [-0.2, -0.15) is 9.57 Å². The number of rotatable bonds is 5. The molecule has 0 N–H and O–H groups in total. The van der Waals surface area contributed by atoms with Gasteiger partial charge in [-0.05, 0) is 61.0 Å². The summed E-state index contributed by atoms with van der Waals surface area (Å²) in [6.07, 6.45) is 0. The average Bonchev–Trinajstić information content (AvgIpc) is 3.32. The zero-order valence-corrected chi connectivity index (χ0v) is 22.1. The number of piperazine rings is 1. The second-order valence-electron chi connectivity index (χ2n) is 8.52. The van der Waals surface area contributed by atoms with Crippen molar-refractivity contribution in [1.29, 1.82) is 5.26 Å². The van der Waals surface area contributed by atoms with Gasteiger partial charge in [-0.3, -0.25) is 4.79 Å². The van der Waals surface area contributed by atoms with Gasteiger partial charge in [0.15, 0.2) is 5.01 Å². The Morgan fingerprint density at radius 3 is 2.54 bits per heavy atom. The normalized spacial score (nSPS) is 14.5. The first-order valence-electron chi connectivity index (χ1n) is 11.4. The van der Waals surface area contributed by atoms with E-state index in [2.05, 4.69) is 4.98 Å². The van der Waals surface area contributed by atoms with Crippen LogP contribution in [0.4, 0.5) is 0 Å². The van der Waals surface area contributed by atoms with Gasteiger partial charge in [-0.25, -0.2) is 13.4 Å². The second kappa shape index (κ2) is 10.1. The van der Waals surface area contributed by atoms with Crippen LogP contribution in [0.2, 0.25) is 5.02 Å². The number of fused-ring (bicyclic) bond motifs is 1. The van der Waals surface area contributed by atoms with E-state index in [9.17, 15) is 18.5 Å². The molecule has 188 valence electrons. The molecule has 1 aromatic heterocycles. The number of halogens is 1. The van der Waals surface area contributed by atoms with E-state index in [0.29, 0.717) is 15.8 Å². The lowest BCUT2D eigenvalue weighted by molar-refractivity contribution is 0.0697. The number of nitrogens with zero attached hydrogens (tertiary/aromatic N) is 4. The maximum atomic E-state index is 13.7. The van der Waals surface area contributed by atoms with E-state index >= 15 is 0 Å². The van der Waals surface area contributed by atoms with Crippen LogP contribution in [0.1, 0.15) is 20.9 Å². The number of nitriles is 1. The molecule has 1 aliphatic heterocycles. The topological polar surface area (TPSA) is 104 Å². The summed E-state index contributed by atoms with van der Waals surface area (Å²) in [7, 11) is -4.03. The molecule has 3 aromatic carbocycles. The molecular weight excluding hydrogens is 532 g/mol. The smallest absolute Gasteiger partial charge is 0.282 e. The average molecular weight is 553 g/mol. The van der Waals surface area contributed by atoms with Gasteiger partial charge in [-0.15, -0.1) is 11.3 Å². The van der Waals surface area contributed by atoms with E-state index in [1.807, 2.05) is 37.3 Å². The SMILES string of the molecule is Cc1cc(Cl)cc(Oc2ccc(C#N)cc2S(=O)(=O)N2CCN(C(=O)c3nc4ccccc4s3)CC2)c1. The predicted molar refractivity (Wildman–Crippen MR) is 142 cm³/mol. The molecule has 1 saturated heterocycles. The molecule has 0 unspecified atom stereocenters. The Kier molecular flexibility index (Phi) is 6.88. The Balaban J connectivity index is 1.37. The second-order valence-corrected chi connectivity index (χ2v) is 11.9. The number of para-hydroxylation sites is 1. The van der Waals surface area contributed by atoms with Crippen LogP contribution in [0, 0.1) is 18.3 Å². The molecule has 4 aromatic rings. The molecule has 0 saturated carbocycles. The number of amides is 1. The lowest BCUT2D eigenvalue weighted by Gasteiger charge is -2.33. The highest BCUT2D eigenvalue weighted by molar-refractivity contribution is 7.89. The first-order valence-corrected chi connectivity index (χ1v) is 14.0. The molecule has 0 spiro atoms. The van der Waals surface area contributed by atoms with Crippen molar-refractivity contribution in [2.24, 2.45) is 0 Å². The largest absolute Gasteiger partial charge is 0.456 e. The quantitative estimate of drug-likeness (QED) is 0.342. The highest BCUT2D eigenvalue weighted by Gasteiger charge is 2.33. The van der Waals surface area contributed by atoms with Crippen LogP contribution in [-0.4, -0.2) is 54.7 Å². The monoisotopic (exact) mass is 552 g/mol. The Bertz CT molecular complexity index is 1600. The summed E-state index contributed by atoms with van der Waals surface area (Å²) < 4.78 is 35.5. The van der Waals surface area contributed by atoms with Crippen LogP contribution in [0.5, 0.6) is 11.5 Å². The molecule has 0 atom stereocenters. The van der Waals surface area contributed by atoms with Crippen LogP contribution in [0.3, 0.4) is 0 Å². The van der Waals surface area contributed by atoms with Crippen LogP contribution >= 0.6 is 22.9 Å². The van der Waals surface area contributed by atoms with Crippen molar-refractivity contribution in [1.82, 2.24) is 14.2 Å². The Hall–Kier alpha value is -3.49. The molecule has 0 aliphatic carbocycles. The molecule has 5 rings (SSSR count). The highest BCUT2D eigenvalue weighted by atomic mass is 35.5. The van der Waals surface area contributed by atoms with Crippen LogP contribution in [0.15, 0.2) is 65.6 Å². The van der Waals surface area contributed by atoms with Gasteiger partial charge in [0.25, 0.3) is 5.91 Å². The molecule has 0 radical (unpaired) electrons. The number of ether oxygens (including phenoxy) is 1. The number of carbonyl (C=O) groups excluding carboxylic acids is 1. The predicted octanol–water partition coefficient (Wildman–Crippen LogP) is 5.07. The molecule has 37 heavy (non-hydrogen) atoms. The molecular formula is C26H21ClN4O4S2. The third-order valence-electron chi connectivity index (χ3n) is 5.94. The third-order valence-corrected chi connectivity index (χ3v) is 9.10. The first kappa shape index (κ1) is 25.2. The van der Waals surface area contributed by atoms with Crippen molar-refractivity contribution in [3.8, 4) is 17.6 Å². The van der Waals surface area contributed by atoms with E-state index in [1.165, 1.54) is 33.8 Å². The fourth-order valence-electron chi connectivity index (χ4n) is 4.12. The molecule has 2 heterocycles. The van der Waals surface area contributed by atoms with Gasteiger partial charge in [0.2, 0.25) is 10.0 Å². The third kappa shape index (κ3) is 5.17. The van der Waals surface area contributed by atoms with E-state index < -0.39 is 10.0 Å². The zero-order valence-electron chi connectivity index (χ0n) is 19.7. The zero-order chi connectivity index (χ0) is 26.2. The fourth-order valence-corrected chi connectivity index (χ4v) is 6.90. The van der Waals surface area contributed by atoms with Crippen molar-refractivity contribution in [2.75, 3.05) is 26.2 Å². The summed E-state index contributed by atoms with van der Waals surface area (Å²) in [6.45, 7) is 2.49. The minimum absolute atomic E-state index is 0.0913. The van der Waals surface area contributed by atoms with Gasteiger partial charge in [0.1, 0.15) is 16.4 Å². The van der Waals surface area contributed by atoms with Crippen LogP contribution in [-0.2, 0) is 10.0 Å². The number of hydrogen-bond donors (Lipinski definition) is 0. The summed E-state index contributed by atoms with van der Waals surface area (Å²) in [6, 6.07) is 18.9. The van der Waals surface area contributed by atoms with Gasteiger partial charge in [-0.1, -0.05) is 23.7 Å². The van der Waals surface area contributed by atoms with Crippen molar-refractivity contribution in [2.45, 2.75) is 11.8 Å². The molecule has 0 bridgehead atoms. The molecule has 8 nitrogen and oxygen atoms in total. The molecule has 1 fully saturated rings. The summed E-state index contributed by atoms with van der Waals surface area (Å²) in [5.74, 6) is 0.260. The maximum Gasteiger partial charge on any atom is 0.282 e. The summed E-state index contributed by atoms with van der Waals surface area (Å²) in [4.78, 5) is 19.0. The maximum absolute atomic E-state index is 13.7. The minimum atomic E-state index is -4.03. The van der Waals surface area contributed by atoms with Gasteiger partial charge >= 0.3 is 0 Å². The van der Waals surface area contributed by atoms with Gasteiger partial charge in [0.05, 0.1) is 21.8 Å². The number of aromatic nitrogens is 1. The van der Waals surface area contributed by atoms with Gasteiger partial charge in [0, 0.05) is 31.2 Å². The van der Waals surface area contributed by atoms with E-state index in [4.69, 9.17) is 16.3 Å². The number of thiazole rings is 1. The summed E-state index contributed by atoms with van der Waals surface area (Å²) in [5.41, 5.74) is 1.81. The Morgan fingerprint density at radius 2 is 1.84 bits per heavy atom. The van der Waals surface area contributed by atoms with Gasteiger partial charge < -0.3 is 9.64 Å². The van der Waals surface area contributed by atoms with Crippen molar-refractivity contribution >= 4 is 49.1 Å². The fraction of sp³-hybridized carbons (Fsp3) is 0.192. The highest BCUT2D eigenvalue weighted by Crippen LogP contribution is 2.34. The Morgan fingerprint density at radius 1 is 1.08 bits per heavy atom. The van der Waals surface area contributed by atoms with E-state index in [1.54, 1.807) is 23.1 Å². The van der Waals surface area contributed by atoms with Crippen molar-refractivity contribution < 1.29 is 17.9 Å². The summed E-state index contributed by atoms with van der Waals surface area (Å²) >= 11 is 7.46. The van der Waals surface area contributed by atoms with Crippen molar-refractivity contribution in [3.05, 3.63) is 81.8 Å². The lowest BCUT2D eigenvalue weighted by Crippen LogP contribution is -2.50. The number of sulfonamides is 1. The Labute approximate surface area is 223 Å². The minimum Gasteiger partial charge on any atom is -0.456 e. The van der Waals surface area contributed by atoms with E-state index in [0.717, 1.165) is 15.8 Å². The first-order chi connectivity index (χ1) is 17.7. The number of benzene rings is 3. The van der Waals surface area contributed by atoms with Crippen molar-refractivity contribution in [3.63, 3.8) is 0 Å². The number of carbonyl (C=O) groups is 1. The molecule has 1 amide bonds. The van der Waals surface area contributed by atoms with Crippen LogP contribution < -0.4 is 4.74 Å². The number of hydrogen-bond acceptors (Lipinski definition) is 7. The van der Waals surface area contributed by atoms with E-state index in [-0.39, 0.29) is 48.3 Å². The van der Waals surface area contributed by atoms with Crippen LogP contribution in [0.25, 0.3) is 10.2 Å². The summed E-state index contributed by atoms with van der Waals surface area (Å²) in [5, 5.41) is 10.2. The lowest BCUT2D eigenvalue weighted by atomic mass is 10.2. The molecule has 1 aliphatic rings.